The third-order valence-corrected chi connectivity index (χ3v) is 3.89. The topological polar surface area (TPSA) is 58.6 Å². The fourth-order valence-electron chi connectivity index (χ4n) is 2.74. The van der Waals surface area contributed by atoms with Crippen molar-refractivity contribution in [2.75, 3.05) is 13.7 Å². The van der Waals surface area contributed by atoms with E-state index in [0.717, 1.165) is 13.2 Å². The van der Waals surface area contributed by atoms with Gasteiger partial charge in [0.1, 0.15) is 0 Å². The monoisotopic (exact) mass is 354 g/mol. The summed E-state index contributed by atoms with van der Waals surface area (Å²) in [5, 5.41) is 2.46. The van der Waals surface area contributed by atoms with Crippen molar-refractivity contribution in [3.05, 3.63) is 59.3 Å². The number of urea groups is 1. The molecule has 5 nitrogen and oxygen atoms in total. The van der Waals surface area contributed by atoms with Crippen LogP contribution in [0.4, 0.5) is 18.0 Å². The molecular formula is C17H17F3N2O3. The molecule has 25 heavy (non-hydrogen) atoms. The van der Waals surface area contributed by atoms with Crippen LogP contribution < -0.4 is 5.32 Å². The van der Waals surface area contributed by atoms with E-state index in [2.05, 4.69) is 11.9 Å². The Kier molecular flexibility index (Phi) is 5.20. The van der Waals surface area contributed by atoms with Crippen LogP contribution in [0, 0.1) is 0 Å². The summed E-state index contributed by atoms with van der Waals surface area (Å²) >= 11 is 0. The number of amides is 2. The molecule has 0 aliphatic carbocycles. The lowest BCUT2D eigenvalue weighted by Crippen LogP contribution is -2.48. The van der Waals surface area contributed by atoms with E-state index in [4.69, 9.17) is 4.74 Å². The number of hydrogen-bond donors (Lipinski definition) is 1. The maximum absolute atomic E-state index is 13.3. The molecule has 8 heteroatoms. The van der Waals surface area contributed by atoms with Gasteiger partial charge in [0.15, 0.2) is 0 Å². The van der Waals surface area contributed by atoms with Gasteiger partial charge in [-0.05, 0) is 18.6 Å². The van der Waals surface area contributed by atoms with Crippen molar-refractivity contribution in [2.24, 2.45) is 0 Å². The Balaban J connectivity index is 2.67. The molecule has 134 valence electrons. The zero-order chi connectivity index (χ0) is 18.8. The molecule has 0 spiro atoms. The quantitative estimate of drug-likeness (QED) is 0.666. The molecule has 0 fully saturated rings. The molecule has 0 saturated carbocycles. The van der Waals surface area contributed by atoms with Crippen molar-refractivity contribution in [3.63, 3.8) is 0 Å². The Bertz CT molecular complexity index is 741. The van der Waals surface area contributed by atoms with E-state index in [1.165, 1.54) is 36.1 Å². The zero-order valence-electron chi connectivity index (χ0n) is 13.7. The van der Waals surface area contributed by atoms with Crippen LogP contribution in [-0.2, 0) is 15.7 Å². The number of rotatable bonds is 4. The third kappa shape index (κ3) is 3.52. The molecular weight excluding hydrogens is 337 g/mol. The average molecular weight is 354 g/mol. The molecule has 0 saturated heterocycles. The van der Waals surface area contributed by atoms with Gasteiger partial charge in [-0.3, -0.25) is 4.90 Å². The van der Waals surface area contributed by atoms with E-state index in [0.29, 0.717) is 0 Å². The summed E-state index contributed by atoms with van der Waals surface area (Å²) in [7, 11) is 1.13. The minimum atomic E-state index is -4.63. The maximum Gasteiger partial charge on any atom is 0.416 e. The van der Waals surface area contributed by atoms with E-state index < -0.39 is 29.8 Å². The maximum atomic E-state index is 13.3. The summed E-state index contributed by atoms with van der Waals surface area (Å²) in [6.45, 7) is 5.11. The molecule has 1 aromatic carbocycles. The van der Waals surface area contributed by atoms with Crippen LogP contribution in [0.1, 0.15) is 24.1 Å². The number of hydrogen-bond acceptors (Lipinski definition) is 3. The first-order chi connectivity index (χ1) is 11.7. The number of ether oxygens (including phenoxy) is 1. The summed E-state index contributed by atoms with van der Waals surface area (Å²) in [6.07, 6.45) is -3.18. The lowest BCUT2D eigenvalue weighted by Gasteiger charge is -2.35. The molecule has 2 rings (SSSR count). The molecule has 1 aliphatic heterocycles. The lowest BCUT2D eigenvalue weighted by atomic mass is 9.91. The minimum absolute atomic E-state index is 0.0550. The smallest absolute Gasteiger partial charge is 0.416 e. The molecule has 0 bridgehead atoms. The number of allylic oxidation sites excluding steroid dienone is 1. The highest BCUT2D eigenvalue weighted by Crippen LogP contribution is 2.39. The fraction of sp³-hybridized carbons (Fsp3) is 0.294. The summed E-state index contributed by atoms with van der Waals surface area (Å²) in [6, 6.07) is 2.91. The largest absolute Gasteiger partial charge is 0.466 e. The molecule has 2 amide bonds. The second kappa shape index (κ2) is 7.00. The first kappa shape index (κ1) is 18.6. The highest BCUT2D eigenvalue weighted by atomic mass is 19.4. The van der Waals surface area contributed by atoms with Crippen LogP contribution in [0.25, 0.3) is 0 Å². The number of nitrogens with zero attached hydrogens (tertiary/aromatic N) is 1. The lowest BCUT2D eigenvalue weighted by molar-refractivity contribution is -0.140. The zero-order valence-corrected chi connectivity index (χ0v) is 13.7. The van der Waals surface area contributed by atoms with E-state index in [-0.39, 0.29) is 23.4 Å². The summed E-state index contributed by atoms with van der Waals surface area (Å²) in [5.41, 5.74) is -0.980. The van der Waals surface area contributed by atoms with Crippen LogP contribution in [0.2, 0.25) is 0 Å². The Labute approximate surface area is 142 Å². The number of alkyl halides is 3. The van der Waals surface area contributed by atoms with E-state index in [1.807, 2.05) is 0 Å². The minimum Gasteiger partial charge on any atom is -0.466 e. The van der Waals surface area contributed by atoms with E-state index in [9.17, 15) is 22.8 Å². The fourth-order valence-corrected chi connectivity index (χ4v) is 2.74. The van der Waals surface area contributed by atoms with Gasteiger partial charge < -0.3 is 10.1 Å². The van der Waals surface area contributed by atoms with Gasteiger partial charge in [-0.1, -0.05) is 24.3 Å². The Morgan fingerprint density at radius 2 is 2.04 bits per heavy atom. The number of methoxy groups -OCH3 is 1. The van der Waals surface area contributed by atoms with Crippen molar-refractivity contribution < 1.29 is 27.5 Å². The second-order valence-corrected chi connectivity index (χ2v) is 5.36. The Morgan fingerprint density at radius 3 is 2.60 bits per heavy atom. The molecule has 1 atom stereocenters. The summed E-state index contributed by atoms with van der Waals surface area (Å²) in [4.78, 5) is 25.7. The highest BCUT2D eigenvalue weighted by molar-refractivity contribution is 5.95. The van der Waals surface area contributed by atoms with Gasteiger partial charge in [-0.25, -0.2) is 9.59 Å². The third-order valence-electron chi connectivity index (χ3n) is 3.89. The van der Waals surface area contributed by atoms with Gasteiger partial charge in [0.05, 0.1) is 24.3 Å². The molecule has 1 N–H and O–H groups in total. The number of benzene rings is 1. The van der Waals surface area contributed by atoms with Gasteiger partial charge >= 0.3 is 18.2 Å². The summed E-state index contributed by atoms with van der Waals surface area (Å²) < 4.78 is 44.7. The predicted molar refractivity (Wildman–Crippen MR) is 84.3 cm³/mol. The van der Waals surface area contributed by atoms with Crippen LogP contribution in [-0.4, -0.2) is 30.6 Å². The van der Waals surface area contributed by atoms with Gasteiger partial charge in [0.2, 0.25) is 0 Å². The van der Waals surface area contributed by atoms with Gasteiger partial charge in [-0.2, -0.15) is 13.2 Å². The van der Waals surface area contributed by atoms with Crippen molar-refractivity contribution in [2.45, 2.75) is 19.1 Å². The standard InChI is InChI=1S/C17H17F3N2O3/c1-4-9-22-10(2)13(15(23)25-3)14(21-16(22)24)11-7-5-6-8-12(11)17(18,19)20/h4-8,14H,1,9H2,2-3H3,(H,21,24). The Morgan fingerprint density at radius 1 is 1.40 bits per heavy atom. The summed E-state index contributed by atoms with van der Waals surface area (Å²) in [5.74, 6) is -0.812. The number of esters is 1. The molecule has 0 aromatic heterocycles. The van der Waals surface area contributed by atoms with Crippen molar-refractivity contribution in [1.82, 2.24) is 10.2 Å². The van der Waals surface area contributed by atoms with Gasteiger partial charge in [0.25, 0.3) is 0 Å². The van der Waals surface area contributed by atoms with Crippen LogP contribution in [0.15, 0.2) is 48.2 Å². The number of nitrogens with one attached hydrogen (secondary N) is 1. The second-order valence-electron chi connectivity index (χ2n) is 5.36. The normalized spacial score (nSPS) is 18.0. The van der Waals surface area contributed by atoms with E-state index >= 15 is 0 Å². The predicted octanol–water partition coefficient (Wildman–Crippen LogP) is 3.40. The first-order valence-corrected chi connectivity index (χ1v) is 7.36. The SMILES string of the molecule is C=CCN1C(=O)NC(c2ccccc2C(F)(F)F)C(C(=O)OC)=C1C. The highest BCUT2D eigenvalue weighted by Gasteiger charge is 2.41. The van der Waals surface area contributed by atoms with E-state index in [1.54, 1.807) is 0 Å². The van der Waals surface area contributed by atoms with Gasteiger partial charge in [-0.15, -0.1) is 6.58 Å². The molecule has 1 aliphatic rings. The molecule has 0 radical (unpaired) electrons. The Hall–Kier alpha value is -2.77. The number of carbonyl (C=O) groups excluding carboxylic acids is 2. The number of carbonyl (C=O) groups is 2. The number of halogens is 3. The van der Waals surface area contributed by atoms with Crippen LogP contribution in [0.3, 0.4) is 0 Å². The molecule has 1 aromatic rings. The average Bonchev–Trinajstić information content (AvgIpc) is 2.56. The first-order valence-electron chi connectivity index (χ1n) is 7.36. The van der Waals surface area contributed by atoms with Crippen LogP contribution in [0.5, 0.6) is 0 Å². The van der Waals surface area contributed by atoms with Gasteiger partial charge in [0, 0.05) is 12.2 Å². The van der Waals surface area contributed by atoms with Crippen LogP contribution >= 0.6 is 0 Å². The van der Waals surface area contributed by atoms with Crippen molar-refractivity contribution in [3.8, 4) is 0 Å². The van der Waals surface area contributed by atoms with Crippen molar-refractivity contribution in [1.29, 1.82) is 0 Å². The molecule has 1 heterocycles. The van der Waals surface area contributed by atoms with Crippen molar-refractivity contribution >= 4 is 12.0 Å². The molecule has 1 unspecified atom stereocenters.